The van der Waals surface area contributed by atoms with Gasteiger partial charge in [-0.3, -0.25) is 0 Å². The van der Waals surface area contributed by atoms with Gasteiger partial charge in [0.1, 0.15) is 5.82 Å². The van der Waals surface area contributed by atoms with Gasteiger partial charge in [-0.25, -0.2) is 9.97 Å². The fourth-order valence-electron chi connectivity index (χ4n) is 1.89. The van der Waals surface area contributed by atoms with Crippen molar-refractivity contribution in [2.45, 2.75) is 19.4 Å². The van der Waals surface area contributed by atoms with E-state index in [0.717, 1.165) is 22.5 Å². The van der Waals surface area contributed by atoms with Crippen LogP contribution < -0.4 is 5.32 Å². The third-order valence-corrected chi connectivity index (χ3v) is 2.87. The number of nitrogens with one attached hydrogen (secondary N) is 1. The molecule has 0 aliphatic heterocycles. The first-order chi connectivity index (χ1) is 9.20. The Bertz CT molecular complexity index is 545. The third-order valence-electron chi connectivity index (χ3n) is 2.87. The van der Waals surface area contributed by atoms with Gasteiger partial charge < -0.3 is 15.2 Å². The molecule has 0 saturated carbocycles. The van der Waals surface area contributed by atoms with Crippen LogP contribution in [0.15, 0.2) is 24.3 Å². The summed E-state index contributed by atoms with van der Waals surface area (Å²) in [6.45, 7) is 2.91. The summed E-state index contributed by atoms with van der Waals surface area (Å²) in [5, 5.41) is 12.8. The zero-order valence-corrected chi connectivity index (χ0v) is 11.3. The molecule has 0 spiro atoms. The average molecular weight is 261 g/mol. The smallest absolute Gasteiger partial charge is 0.148 e. The highest BCUT2D eigenvalue weighted by atomic mass is 16.5. The van der Waals surface area contributed by atoms with Crippen molar-refractivity contribution in [3.05, 3.63) is 30.0 Å². The molecule has 1 unspecified atom stereocenters. The van der Waals surface area contributed by atoms with E-state index in [1.54, 1.807) is 7.11 Å². The fourth-order valence-corrected chi connectivity index (χ4v) is 1.89. The molecule has 1 heterocycles. The highest BCUT2D eigenvalue weighted by molar-refractivity contribution is 5.76. The Balaban J connectivity index is 2.02. The van der Waals surface area contributed by atoms with Crippen molar-refractivity contribution in [3.8, 4) is 0 Å². The summed E-state index contributed by atoms with van der Waals surface area (Å²) < 4.78 is 4.88. The van der Waals surface area contributed by atoms with Gasteiger partial charge in [0.05, 0.1) is 29.4 Å². The number of para-hydroxylation sites is 2. The molecular weight excluding hydrogens is 242 g/mol. The van der Waals surface area contributed by atoms with Gasteiger partial charge in [-0.15, -0.1) is 0 Å². The van der Waals surface area contributed by atoms with Gasteiger partial charge in [0.25, 0.3) is 0 Å². The van der Waals surface area contributed by atoms with Crippen molar-refractivity contribution in [2.24, 2.45) is 0 Å². The van der Waals surface area contributed by atoms with E-state index in [9.17, 15) is 5.11 Å². The van der Waals surface area contributed by atoms with Crippen molar-refractivity contribution in [1.29, 1.82) is 0 Å². The number of hydrogen-bond donors (Lipinski definition) is 2. The summed E-state index contributed by atoms with van der Waals surface area (Å²) in [7, 11) is 1.58. The first-order valence-electron chi connectivity index (χ1n) is 6.35. The lowest BCUT2D eigenvalue weighted by atomic mass is 10.2. The van der Waals surface area contributed by atoms with Crippen LogP contribution in [-0.4, -0.2) is 41.4 Å². The summed E-state index contributed by atoms with van der Waals surface area (Å²) >= 11 is 0. The minimum absolute atomic E-state index is 0.351. The molecule has 102 valence electrons. The first kappa shape index (κ1) is 13.7. The highest BCUT2D eigenvalue weighted by Gasteiger charge is 2.06. The van der Waals surface area contributed by atoms with E-state index in [4.69, 9.17) is 4.74 Å². The number of rotatable bonds is 6. The molecule has 2 rings (SSSR count). The summed E-state index contributed by atoms with van der Waals surface area (Å²) in [5.41, 5.74) is 2.62. The number of anilines is 1. The molecule has 0 fully saturated rings. The number of aromatic nitrogens is 2. The zero-order chi connectivity index (χ0) is 13.7. The second-order valence-electron chi connectivity index (χ2n) is 4.47. The number of benzene rings is 1. The van der Waals surface area contributed by atoms with Gasteiger partial charge in [-0.1, -0.05) is 12.1 Å². The topological polar surface area (TPSA) is 67.3 Å². The van der Waals surface area contributed by atoms with Crippen molar-refractivity contribution in [2.75, 3.05) is 25.6 Å². The minimum atomic E-state index is -0.453. The van der Waals surface area contributed by atoms with Crippen LogP contribution in [0.25, 0.3) is 11.0 Å². The largest absolute Gasteiger partial charge is 0.391 e. The van der Waals surface area contributed by atoms with E-state index in [1.807, 2.05) is 31.2 Å². The fraction of sp³-hybridized carbons (Fsp3) is 0.429. The van der Waals surface area contributed by atoms with Crippen LogP contribution in [0.1, 0.15) is 12.1 Å². The molecule has 1 aromatic heterocycles. The maximum atomic E-state index is 9.57. The molecule has 0 bridgehead atoms. The summed E-state index contributed by atoms with van der Waals surface area (Å²) in [6.07, 6.45) is 0.160. The standard InChI is InChI=1S/C14H19N3O2/c1-10-14(15-8-7-11(18)9-19-2)17-13-6-4-3-5-12(13)16-10/h3-6,11,18H,7-9H2,1-2H3,(H,15,17). The van der Waals surface area contributed by atoms with E-state index in [0.29, 0.717) is 19.6 Å². The Morgan fingerprint density at radius 1 is 1.26 bits per heavy atom. The van der Waals surface area contributed by atoms with E-state index in [-0.39, 0.29) is 0 Å². The zero-order valence-electron chi connectivity index (χ0n) is 11.3. The Kier molecular flexibility index (Phi) is 4.65. The van der Waals surface area contributed by atoms with Crippen LogP contribution in [0.5, 0.6) is 0 Å². The molecule has 5 heteroatoms. The van der Waals surface area contributed by atoms with Crippen molar-refractivity contribution < 1.29 is 9.84 Å². The third kappa shape index (κ3) is 3.62. The normalized spacial score (nSPS) is 12.6. The summed E-state index contributed by atoms with van der Waals surface area (Å²) in [5.74, 6) is 0.767. The number of nitrogens with zero attached hydrogens (tertiary/aromatic N) is 2. The van der Waals surface area contributed by atoms with Crippen LogP contribution in [0, 0.1) is 6.92 Å². The maximum absolute atomic E-state index is 9.57. The lowest BCUT2D eigenvalue weighted by molar-refractivity contribution is 0.0615. The van der Waals surface area contributed by atoms with E-state index < -0.39 is 6.10 Å². The predicted molar refractivity (Wildman–Crippen MR) is 75.3 cm³/mol. The number of ether oxygens (including phenoxy) is 1. The second-order valence-corrected chi connectivity index (χ2v) is 4.47. The molecule has 2 aromatic rings. The molecule has 0 aliphatic carbocycles. The number of aliphatic hydroxyl groups is 1. The minimum Gasteiger partial charge on any atom is -0.391 e. The molecular formula is C14H19N3O2. The number of aliphatic hydroxyl groups excluding tert-OH is 1. The van der Waals surface area contributed by atoms with Gasteiger partial charge in [0.2, 0.25) is 0 Å². The van der Waals surface area contributed by atoms with Gasteiger partial charge >= 0.3 is 0 Å². The molecule has 2 N–H and O–H groups in total. The Morgan fingerprint density at radius 3 is 2.63 bits per heavy atom. The molecule has 0 saturated heterocycles. The molecule has 0 amide bonds. The quantitative estimate of drug-likeness (QED) is 0.829. The van der Waals surface area contributed by atoms with E-state index in [1.165, 1.54) is 0 Å². The van der Waals surface area contributed by atoms with Crippen LogP contribution in [0.4, 0.5) is 5.82 Å². The monoisotopic (exact) mass is 261 g/mol. The van der Waals surface area contributed by atoms with E-state index >= 15 is 0 Å². The number of methoxy groups -OCH3 is 1. The summed E-state index contributed by atoms with van der Waals surface area (Å²) in [6, 6.07) is 7.78. The van der Waals surface area contributed by atoms with Crippen LogP contribution in [-0.2, 0) is 4.74 Å². The highest BCUT2D eigenvalue weighted by Crippen LogP contribution is 2.15. The SMILES string of the molecule is COCC(O)CCNc1nc2ccccc2nc1C. The molecule has 0 radical (unpaired) electrons. The lowest BCUT2D eigenvalue weighted by Crippen LogP contribution is -2.19. The van der Waals surface area contributed by atoms with Crippen molar-refractivity contribution in [1.82, 2.24) is 9.97 Å². The second kappa shape index (κ2) is 6.45. The first-order valence-corrected chi connectivity index (χ1v) is 6.35. The summed E-state index contributed by atoms with van der Waals surface area (Å²) in [4.78, 5) is 9.03. The van der Waals surface area contributed by atoms with Gasteiger partial charge in [-0.05, 0) is 25.5 Å². The Hall–Kier alpha value is -1.72. The number of hydrogen-bond acceptors (Lipinski definition) is 5. The van der Waals surface area contributed by atoms with Crippen LogP contribution >= 0.6 is 0 Å². The van der Waals surface area contributed by atoms with Gasteiger partial charge in [-0.2, -0.15) is 0 Å². The Labute approximate surface area is 112 Å². The van der Waals surface area contributed by atoms with Crippen LogP contribution in [0.3, 0.4) is 0 Å². The van der Waals surface area contributed by atoms with Crippen molar-refractivity contribution >= 4 is 16.9 Å². The maximum Gasteiger partial charge on any atom is 0.148 e. The van der Waals surface area contributed by atoms with Gasteiger partial charge in [0, 0.05) is 13.7 Å². The molecule has 5 nitrogen and oxygen atoms in total. The number of aryl methyl sites for hydroxylation is 1. The molecule has 0 aliphatic rings. The average Bonchev–Trinajstić information content (AvgIpc) is 2.39. The molecule has 1 atom stereocenters. The number of fused-ring (bicyclic) bond motifs is 1. The molecule has 19 heavy (non-hydrogen) atoms. The lowest BCUT2D eigenvalue weighted by Gasteiger charge is -2.12. The van der Waals surface area contributed by atoms with E-state index in [2.05, 4.69) is 15.3 Å². The van der Waals surface area contributed by atoms with Crippen LogP contribution in [0.2, 0.25) is 0 Å². The molecule has 1 aromatic carbocycles. The Morgan fingerprint density at radius 2 is 1.95 bits per heavy atom. The van der Waals surface area contributed by atoms with Gasteiger partial charge in [0.15, 0.2) is 0 Å². The van der Waals surface area contributed by atoms with Crippen molar-refractivity contribution in [3.63, 3.8) is 0 Å². The predicted octanol–water partition coefficient (Wildman–Crippen LogP) is 1.75.